The minimum absolute atomic E-state index is 0.0676. The van der Waals surface area contributed by atoms with Gasteiger partial charge in [0.05, 0.1) is 0 Å². The van der Waals surface area contributed by atoms with Gasteiger partial charge in [-0.1, -0.05) is 36.4 Å². The molecule has 112 valence electrons. The Morgan fingerprint density at radius 3 is 2.70 bits per heavy atom. The highest BCUT2D eigenvalue weighted by molar-refractivity contribution is 6.11. The Balaban J connectivity index is 1.92. The summed E-state index contributed by atoms with van der Waals surface area (Å²) >= 11 is 0. The number of benzene rings is 2. The summed E-state index contributed by atoms with van der Waals surface area (Å²) in [6, 6.07) is 17.2. The van der Waals surface area contributed by atoms with Crippen LogP contribution in [0.2, 0.25) is 0 Å². The molecule has 0 atom stereocenters. The number of rotatable bonds is 3. The summed E-state index contributed by atoms with van der Waals surface area (Å²) < 4.78 is 0. The van der Waals surface area contributed by atoms with Gasteiger partial charge in [0.15, 0.2) is 0 Å². The molecule has 1 amide bonds. The van der Waals surface area contributed by atoms with Gasteiger partial charge in [-0.15, -0.1) is 0 Å². The van der Waals surface area contributed by atoms with Crippen molar-refractivity contribution in [1.29, 1.82) is 5.26 Å². The zero-order valence-corrected chi connectivity index (χ0v) is 12.6. The molecule has 0 radical (unpaired) electrons. The molecule has 23 heavy (non-hydrogen) atoms. The number of carbonyl (C=O) groups is 1. The number of aryl methyl sites for hydroxylation is 1. The number of nitriles is 1. The molecular formula is C19H15N3O. The fourth-order valence-corrected chi connectivity index (χ4v) is 2.42. The van der Waals surface area contributed by atoms with E-state index in [4.69, 9.17) is 0 Å². The van der Waals surface area contributed by atoms with E-state index in [2.05, 4.69) is 10.3 Å². The Hall–Kier alpha value is -3.32. The van der Waals surface area contributed by atoms with Gasteiger partial charge in [-0.05, 0) is 30.7 Å². The molecule has 2 aromatic carbocycles. The van der Waals surface area contributed by atoms with Gasteiger partial charge in [-0.3, -0.25) is 4.79 Å². The molecule has 0 fully saturated rings. The number of nitrogens with one attached hydrogen (secondary N) is 2. The molecule has 0 aliphatic heterocycles. The topological polar surface area (TPSA) is 68.7 Å². The van der Waals surface area contributed by atoms with E-state index in [-0.39, 0.29) is 5.57 Å². The average Bonchev–Trinajstić information content (AvgIpc) is 2.97. The van der Waals surface area contributed by atoms with E-state index >= 15 is 0 Å². The van der Waals surface area contributed by atoms with Crippen LogP contribution in [0, 0.1) is 18.3 Å². The van der Waals surface area contributed by atoms with Crippen LogP contribution in [0.5, 0.6) is 0 Å². The van der Waals surface area contributed by atoms with Crippen LogP contribution in [-0.2, 0) is 4.79 Å². The molecule has 4 nitrogen and oxygen atoms in total. The van der Waals surface area contributed by atoms with Crippen molar-refractivity contribution < 1.29 is 4.79 Å². The fourth-order valence-electron chi connectivity index (χ4n) is 2.42. The summed E-state index contributed by atoms with van der Waals surface area (Å²) in [5.41, 5.74) is 3.51. The molecule has 0 spiro atoms. The zero-order chi connectivity index (χ0) is 16.2. The van der Waals surface area contributed by atoms with Crippen LogP contribution in [0.1, 0.15) is 11.1 Å². The van der Waals surface area contributed by atoms with E-state index in [0.717, 1.165) is 22.0 Å². The van der Waals surface area contributed by atoms with E-state index in [9.17, 15) is 10.1 Å². The molecule has 0 saturated carbocycles. The predicted octanol–water partition coefficient (Wildman–Crippen LogP) is 4.02. The second kappa shape index (κ2) is 6.20. The fraction of sp³-hybridized carbons (Fsp3) is 0.0526. The number of aromatic nitrogens is 1. The van der Waals surface area contributed by atoms with Crippen molar-refractivity contribution in [2.75, 3.05) is 5.32 Å². The first kappa shape index (κ1) is 14.6. The van der Waals surface area contributed by atoms with Crippen LogP contribution < -0.4 is 5.32 Å². The van der Waals surface area contributed by atoms with Crippen LogP contribution >= 0.6 is 0 Å². The monoisotopic (exact) mass is 301 g/mol. The number of aromatic amines is 1. The van der Waals surface area contributed by atoms with Crippen LogP contribution in [0.15, 0.2) is 60.3 Å². The quantitative estimate of drug-likeness (QED) is 0.566. The molecule has 3 aromatic rings. The van der Waals surface area contributed by atoms with Gasteiger partial charge in [0.1, 0.15) is 11.6 Å². The lowest BCUT2D eigenvalue weighted by atomic mass is 10.1. The first-order chi connectivity index (χ1) is 11.2. The predicted molar refractivity (Wildman–Crippen MR) is 91.7 cm³/mol. The summed E-state index contributed by atoms with van der Waals surface area (Å²) in [5.74, 6) is -0.410. The number of carbonyl (C=O) groups excluding carboxylic acids is 1. The Morgan fingerprint density at radius 2 is 1.91 bits per heavy atom. The molecule has 1 aromatic heterocycles. The molecule has 0 saturated heterocycles. The minimum atomic E-state index is -0.410. The van der Waals surface area contributed by atoms with Gasteiger partial charge in [-0.2, -0.15) is 5.26 Å². The van der Waals surface area contributed by atoms with Crippen molar-refractivity contribution in [2.45, 2.75) is 6.92 Å². The van der Waals surface area contributed by atoms with E-state index in [0.29, 0.717) is 5.69 Å². The SMILES string of the molecule is Cc1ccccc1NC(=O)C(C#N)=Cc1c[nH]c2ccccc12. The Kier molecular flexibility index (Phi) is 3.94. The van der Waals surface area contributed by atoms with Gasteiger partial charge < -0.3 is 10.3 Å². The second-order valence-electron chi connectivity index (χ2n) is 5.23. The number of anilines is 1. The molecule has 0 aliphatic carbocycles. The largest absolute Gasteiger partial charge is 0.361 e. The van der Waals surface area contributed by atoms with E-state index < -0.39 is 5.91 Å². The van der Waals surface area contributed by atoms with Crippen molar-refractivity contribution in [3.63, 3.8) is 0 Å². The highest BCUT2D eigenvalue weighted by Crippen LogP contribution is 2.21. The third kappa shape index (κ3) is 2.99. The number of hydrogen-bond donors (Lipinski definition) is 2. The minimum Gasteiger partial charge on any atom is -0.361 e. The molecule has 0 aliphatic rings. The van der Waals surface area contributed by atoms with E-state index in [1.54, 1.807) is 12.3 Å². The van der Waals surface area contributed by atoms with Gasteiger partial charge in [0.25, 0.3) is 5.91 Å². The van der Waals surface area contributed by atoms with Crippen molar-refractivity contribution in [3.8, 4) is 6.07 Å². The Morgan fingerprint density at radius 1 is 1.17 bits per heavy atom. The van der Waals surface area contributed by atoms with Crippen LogP contribution in [0.4, 0.5) is 5.69 Å². The summed E-state index contributed by atoms with van der Waals surface area (Å²) in [6.07, 6.45) is 3.40. The van der Waals surface area contributed by atoms with Crippen molar-refractivity contribution in [1.82, 2.24) is 4.98 Å². The van der Waals surface area contributed by atoms with E-state index in [1.807, 2.05) is 61.5 Å². The van der Waals surface area contributed by atoms with Crippen molar-refractivity contribution >= 4 is 28.6 Å². The summed E-state index contributed by atoms with van der Waals surface area (Å²) in [4.78, 5) is 15.5. The summed E-state index contributed by atoms with van der Waals surface area (Å²) in [7, 11) is 0. The normalized spacial score (nSPS) is 11.2. The van der Waals surface area contributed by atoms with Crippen molar-refractivity contribution in [3.05, 3.63) is 71.4 Å². The molecule has 2 N–H and O–H groups in total. The smallest absolute Gasteiger partial charge is 0.266 e. The third-order valence-electron chi connectivity index (χ3n) is 3.68. The van der Waals surface area contributed by atoms with Crippen LogP contribution in [-0.4, -0.2) is 10.9 Å². The number of nitrogens with zero attached hydrogens (tertiary/aromatic N) is 1. The second-order valence-corrected chi connectivity index (χ2v) is 5.23. The Bertz CT molecular complexity index is 944. The highest BCUT2D eigenvalue weighted by Gasteiger charge is 2.11. The maximum Gasteiger partial charge on any atom is 0.266 e. The third-order valence-corrected chi connectivity index (χ3v) is 3.68. The molecule has 0 unspecified atom stereocenters. The first-order valence-electron chi connectivity index (χ1n) is 7.24. The Labute approximate surface area is 134 Å². The number of fused-ring (bicyclic) bond motifs is 1. The lowest BCUT2D eigenvalue weighted by Gasteiger charge is -2.07. The van der Waals surface area contributed by atoms with Crippen molar-refractivity contribution in [2.24, 2.45) is 0 Å². The first-order valence-corrected chi connectivity index (χ1v) is 7.24. The van der Waals surface area contributed by atoms with Gasteiger partial charge in [0.2, 0.25) is 0 Å². The standard InChI is InChI=1S/C19H15N3O/c1-13-6-2-4-8-17(13)22-19(23)14(11-20)10-15-12-21-18-9-5-3-7-16(15)18/h2-10,12,21H,1H3,(H,22,23). The number of H-pyrrole nitrogens is 1. The summed E-state index contributed by atoms with van der Waals surface area (Å²) in [5, 5.41) is 13.1. The molecular weight excluding hydrogens is 286 g/mol. The molecule has 4 heteroatoms. The van der Waals surface area contributed by atoms with Gasteiger partial charge in [-0.25, -0.2) is 0 Å². The number of para-hydroxylation sites is 2. The zero-order valence-electron chi connectivity index (χ0n) is 12.6. The number of hydrogen-bond acceptors (Lipinski definition) is 2. The maximum absolute atomic E-state index is 12.3. The molecule has 1 heterocycles. The van der Waals surface area contributed by atoms with E-state index in [1.165, 1.54) is 0 Å². The van der Waals surface area contributed by atoms with Crippen LogP contribution in [0.25, 0.3) is 17.0 Å². The average molecular weight is 301 g/mol. The van der Waals surface area contributed by atoms with Crippen LogP contribution in [0.3, 0.4) is 0 Å². The van der Waals surface area contributed by atoms with Gasteiger partial charge >= 0.3 is 0 Å². The van der Waals surface area contributed by atoms with Gasteiger partial charge in [0, 0.05) is 28.4 Å². The summed E-state index contributed by atoms with van der Waals surface area (Å²) in [6.45, 7) is 1.91. The lowest BCUT2D eigenvalue weighted by Crippen LogP contribution is -2.14. The molecule has 3 rings (SSSR count). The lowest BCUT2D eigenvalue weighted by molar-refractivity contribution is -0.112. The highest BCUT2D eigenvalue weighted by atomic mass is 16.1. The maximum atomic E-state index is 12.3. The molecule has 0 bridgehead atoms. The number of amides is 1.